The Bertz CT molecular complexity index is 967. The third kappa shape index (κ3) is 4.55. The molecular weight excluding hydrogens is 397 g/mol. The SMILES string of the molecule is CCN(CC(=O)Nc1c(Cl)cccc1Cl)C(=O)c1cccc(-n2cccc2)c1. The van der Waals surface area contributed by atoms with Crippen molar-refractivity contribution in [3.8, 4) is 5.69 Å². The van der Waals surface area contributed by atoms with Gasteiger partial charge in [-0.15, -0.1) is 0 Å². The summed E-state index contributed by atoms with van der Waals surface area (Å²) < 4.78 is 1.92. The summed E-state index contributed by atoms with van der Waals surface area (Å²) in [6.07, 6.45) is 3.81. The Labute approximate surface area is 173 Å². The lowest BCUT2D eigenvalue weighted by Crippen LogP contribution is -2.38. The van der Waals surface area contributed by atoms with Gasteiger partial charge in [0, 0.05) is 30.2 Å². The number of nitrogens with zero attached hydrogens (tertiary/aromatic N) is 2. The summed E-state index contributed by atoms with van der Waals surface area (Å²) in [5.41, 5.74) is 1.73. The molecule has 0 radical (unpaired) electrons. The maximum Gasteiger partial charge on any atom is 0.254 e. The summed E-state index contributed by atoms with van der Waals surface area (Å²) in [6.45, 7) is 2.10. The molecule has 1 aromatic heterocycles. The lowest BCUT2D eigenvalue weighted by Gasteiger charge is -2.21. The van der Waals surface area contributed by atoms with Gasteiger partial charge in [0.25, 0.3) is 5.91 Å². The molecule has 28 heavy (non-hydrogen) atoms. The van der Waals surface area contributed by atoms with E-state index in [1.807, 2.05) is 48.1 Å². The Morgan fingerprint density at radius 3 is 2.29 bits per heavy atom. The second-order valence-corrected chi connectivity index (χ2v) is 6.92. The second-order valence-electron chi connectivity index (χ2n) is 6.10. The zero-order chi connectivity index (χ0) is 20.1. The molecule has 0 saturated heterocycles. The van der Waals surface area contributed by atoms with E-state index in [1.54, 1.807) is 30.3 Å². The number of carbonyl (C=O) groups excluding carboxylic acids is 2. The largest absolute Gasteiger partial charge is 0.330 e. The van der Waals surface area contributed by atoms with Crippen LogP contribution in [-0.4, -0.2) is 34.4 Å². The second kappa shape index (κ2) is 8.95. The molecule has 0 aliphatic heterocycles. The van der Waals surface area contributed by atoms with Crippen LogP contribution in [-0.2, 0) is 4.79 Å². The van der Waals surface area contributed by atoms with Crippen molar-refractivity contribution in [2.75, 3.05) is 18.4 Å². The number of aromatic nitrogens is 1. The molecule has 3 rings (SSSR count). The topological polar surface area (TPSA) is 54.3 Å². The maximum absolute atomic E-state index is 12.9. The Hall–Kier alpha value is -2.76. The van der Waals surface area contributed by atoms with Crippen molar-refractivity contribution >= 4 is 40.7 Å². The lowest BCUT2D eigenvalue weighted by molar-refractivity contribution is -0.116. The average molecular weight is 416 g/mol. The van der Waals surface area contributed by atoms with E-state index < -0.39 is 0 Å². The number of hydrogen-bond acceptors (Lipinski definition) is 2. The van der Waals surface area contributed by atoms with Gasteiger partial charge in [-0.3, -0.25) is 9.59 Å². The van der Waals surface area contributed by atoms with Crippen molar-refractivity contribution in [2.24, 2.45) is 0 Å². The minimum atomic E-state index is -0.369. The predicted octanol–water partition coefficient (Wildman–Crippen LogP) is 4.88. The predicted molar refractivity (Wildman–Crippen MR) is 112 cm³/mol. The summed E-state index contributed by atoms with van der Waals surface area (Å²) in [4.78, 5) is 26.8. The van der Waals surface area contributed by atoms with Gasteiger partial charge in [0.2, 0.25) is 5.91 Å². The van der Waals surface area contributed by atoms with E-state index in [4.69, 9.17) is 23.2 Å². The van der Waals surface area contributed by atoms with Crippen LogP contribution in [0.25, 0.3) is 5.69 Å². The van der Waals surface area contributed by atoms with Crippen LogP contribution in [0.3, 0.4) is 0 Å². The number of likely N-dealkylation sites (N-methyl/N-ethyl adjacent to an activating group) is 1. The first-order valence-electron chi connectivity index (χ1n) is 8.76. The lowest BCUT2D eigenvalue weighted by atomic mass is 10.1. The van der Waals surface area contributed by atoms with E-state index >= 15 is 0 Å². The van der Waals surface area contributed by atoms with E-state index in [0.717, 1.165) is 5.69 Å². The van der Waals surface area contributed by atoms with Crippen molar-refractivity contribution in [1.82, 2.24) is 9.47 Å². The van der Waals surface area contributed by atoms with Crippen LogP contribution in [0.1, 0.15) is 17.3 Å². The molecule has 0 saturated carbocycles. The Kier molecular flexibility index (Phi) is 6.39. The van der Waals surface area contributed by atoms with Gasteiger partial charge >= 0.3 is 0 Å². The standard InChI is InChI=1S/C21H19Cl2N3O2/c1-2-25(14-19(27)24-20-17(22)9-6-10-18(20)23)21(28)15-7-5-8-16(13-15)26-11-3-4-12-26/h3-13H,2,14H2,1H3,(H,24,27). The molecule has 3 aromatic rings. The summed E-state index contributed by atoms with van der Waals surface area (Å²) in [5, 5.41) is 3.37. The number of halogens is 2. The molecule has 2 amide bonds. The highest BCUT2D eigenvalue weighted by Crippen LogP contribution is 2.29. The first-order chi connectivity index (χ1) is 13.5. The normalized spacial score (nSPS) is 10.5. The van der Waals surface area contributed by atoms with E-state index in [-0.39, 0.29) is 18.4 Å². The number of carbonyl (C=O) groups is 2. The highest BCUT2D eigenvalue weighted by Gasteiger charge is 2.19. The monoisotopic (exact) mass is 415 g/mol. The van der Waals surface area contributed by atoms with Crippen LogP contribution in [0.15, 0.2) is 67.0 Å². The van der Waals surface area contributed by atoms with Crippen LogP contribution in [0.2, 0.25) is 10.0 Å². The molecule has 0 atom stereocenters. The molecule has 0 fully saturated rings. The van der Waals surface area contributed by atoms with Crippen molar-refractivity contribution < 1.29 is 9.59 Å². The molecule has 1 N–H and O–H groups in total. The zero-order valence-electron chi connectivity index (χ0n) is 15.2. The van der Waals surface area contributed by atoms with Crippen LogP contribution in [0, 0.1) is 0 Å². The van der Waals surface area contributed by atoms with Crippen molar-refractivity contribution in [1.29, 1.82) is 0 Å². The number of benzene rings is 2. The average Bonchev–Trinajstić information content (AvgIpc) is 3.23. The van der Waals surface area contributed by atoms with E-state index in [9.17, 15) is 9.59 Å². The molecule has 1 heterocycles. The summed E-state index contributed by atoms with van der Waals surface area (Å²) in [6, 6.07) is 16.1. The van der Waals surface area contributed by atoms with Gasteiger partial charge in [-0.25, -0.2) is 0 Å². The van der Waals surface area contributed by atoms with Crippen molar-refractivity contribution in [2.45, 2.75) is 6.92 Å². The van der Waals surface area contributed by atoms with Crippen LogP contribution < -0.4 is 5.32 Å². The molecule has 0 bridgehead atoms. The number of anilines is 1. The molecule has 2 aromatic carbocycles. The quantitative estimate of drug-likeness (QED) is 0.623. The van der Waals surface area contributed by atoms with Crippen LogP contribution in [0.4, 0.5) is 5.69 Å². The number of nitrogens with one attached hydrogen (secondary N) is 1. The molecule has 0 spiro atoms. The summed E-state index contributed by atoms with van der Waals surface area (Å²) in [5.74, 6) is -0.594. The first kappa shape index (κ1) is 20.0. The van der Waals surface area contributed by atoms with E-state index in [1.165, 1.54) is 4.90 Å². The highest BCUT2D eigenvalue weighted by molar-refractivity contribution is 6.39. The Morgan fingerprint density at radius 1 is 1.00 bits per heavy atom. The number of para-hydroxylation sites is 1. The maximum atomic E-state index is 12.9. The highest BCUT2D eigenvalue weighted by atomic mass is 35.5. The third-order valence-electron chi connectivity index (χ3n) is 4.23. The number of rotatable bonds is 6. The first-order valence-corrected chi connectivity index (χ1v) is 9.51. The van der Waals surface area contributed by atoms with Gasteiger partial charge in [-0.05, 0) is 49.4 Å². The van der Waals surface area contributed by atoms with Crippen molar-refractivity contribution in [3.05, 3.63) is 82.6 Å². The van der Waals surface area contributed by atoms with Crippen LogP contribution >= 0.6 is 23.2 Å². The van der Waals surface area contributed by atoms with Crippen molar-refractivity contribution in [3.63, 3.8) is 0 Å². The molecule has 0 unspecified atom stereocenters. The van der Waals surface area contributed by atoms with Gasteiger partial charge in [0.05, 0.1) is 15.7 Å². The van der Waals surface area contributed by atoms with Gasteiger partial charge in [-0.1, -0.05) is 35.3 Å². The van der Waals surface area contributed by atoms with Gasteiger partial charge in [0.1, 0.15) is 6.54 Å². The fourth-order valence-electron chi connectivity index (χ4n) is 2.79. The number of amides is 2. The number of hydrogen-bond donors (Lipinski definition) is 1. The summed E-state index contributed by atoms with van der Waals surface area (Å²) in [7, 11) is 0. The van der Waals surface area contributed by atoms with Gasteiger partial charge in [0.15, 0.2) is 0 Å². The fourth-order valence-corrected chi connectivity index (χ4v) is 3.28. The fraction of sp³-hybridized carbons (Fsp3) is 0.143. The Morgan fingerprint density at radius 2 is 1.64 bits per heavy atom. The summed E-state index contributed by atoms with van der Waals surface area (Å²) >= 11 is 12.2. The molecule has 144 valence electrons. The van der Waals surface area contributed by atoms with E-state index in [0.29, 0.717) is 27.8 Å². The van der Waals surface area contributed by atoms with Gasteiger partial charge in [-0.2, -0.15) is 0 Å². The third-order valence-corrected chi connectivity index (χ3v) is 4.86. The smallest absolute Gasteiger partial charge is 0.254 e. The minimum absolute atomic E-state index is 0.107. The Balaban J connectivity index is 1.73. The molecule has 5 nitrogen and oxygen atoms in total. The minimum Gasteiger partial charge on any atom is -0.330 e. The van der Waals surface area contributed by atoms with Gasteiger partial charge < -0.3 is 14.8 Å². The molecule has 0 aliphatic rings. The van der Waals surface area contributed by atoms with E-state index in [2.05, 4.69) is 5.32 Å². The zero-order valence-corrected chi connectivity index (χ0v) is 16.7. The van der Waals surface area contributed by atoms with Crippen LogP contribution in [0.5, 0.6) is 0 Å². The molecule has 7 heteroatoms. The molecular formula is C21H19Cl2N3O2. The molecule has 0 aliphatic carbocycles.